The molecule has 4 rings (SSSR count). The van der Waals surface area contributed by atoms with Crippen LogP contribution in [-0.2, 0) is 19.1 Å². The fourth-order valence-electron chi connectivity index (χ4n) is 5.63. The number of carbonyl (C=O) groups is 4. The van der Waals surface area contributed by atoms with Crippen LogP contribution in [0.1, 0.15) is 72.1 Å². The van der Waals surface area contributed by atoms with Crippen LogP contribution in [0.5, 0.6) is 0 Å². The molecule has 0 aromatic heterocycles. The molecular formula is C25H37N5O5. The molecular weight excluding hydrogens is 450 g/mol. The summed E-state index contributed by atoms with van der Waals surface area (Å²) in [6, 6.07) is 0.626. The van der Waals surface area contributed by atoms with Gasteiger partial charge in [-0.15, -0.1) is 0 Å². The van der Waals surface area contributed by atoms with Gasteiger partial charge in [0.1, 0.15) is 23.2 Å². The van der Waals surface area contributed by atoms with Crippen LogP contribution < -0.4 is 10.6 Å². The zero-order chi connectivity index (χ0) is 25.4. The number of nitrogens with one attached hydrogen (secondary N) is 2. The maximum atomic E-state index is 13.8. The Kier molecular flexibility index (Phi) is 6.98. The summed E-state index contributed by atoms with van der Waals surface area (Å²) in [6.07, 6.45) is 4.71. The van der Waals surface area contributed by atoms with E-state index in [0.717, 1.165) is 12.8 Å². The summed E-state index contributed by atoms with van der Waals surface area (Å²) >= 11 is 0. The van der Waals surface area contributed by atoms with Crippen LogP contribution in [0.2, 0.25) is 0 Å². The van der Waals surface area contributed by atoms with Gasteiger partial charge in [-0.25, -0.2) is 4.79 Å². The average Bonchev–Trinajstić information content (AvgIpc) is 3.21. The van der Waals surface area contributed by atoms with Gasteiger partial charge in [-0.2, -0.15) is 5.26 Å². The normalized spacial score (nSPS) is 28.1. The van der Waals surface area contributed by atoms with Gasteiger partial charge >= 0.3 is 6.09 Å². The molecule has 4 amide bonds. The number of amides is 4. The van der Waals surface area contributed by atoms with Crippen molar-refractivity contribution in [2.45, 2.75) is 95.4 Å². The predicted molar refractivity (Wildman–Crippen MR) is 126 cm³/mol. The molecule has 4 fully saturated rings. The molecule has 4 aliphatic rings. The SMILES string of the molecule is CC(C)(C)OC(=O)N1CCCC12CCN([C@H](CC1CC1)C(=O)N[C@@H](C#N)C[C@H]1CCNC1=O)C2=O. The van der Waals surface area contributed by atoms with Crippen LogP contribution >= 0.6 is 0 Å². The molecule has 1 unspecified atom stereocenters. The summed E-state index contributed by atoms with van der Waals surface area (Å²) < 4.78 is 5.58. The van der Waals surface area contributed by atoms with E-state index < -0.39 is 29.3 Å². The van der Waals surface area contributed by atoms with E-state index >= 15 is 0 Å². The Balaban J connectivity index is 1.48. The molecule has 2 N–H and O–H groups in total. The second-order valence-electron chi connectivity index (χ2n) is 11.4. The van der Waals surface area contributed by atoms with Crippen molar-refractivity contribution in [1.82, 2.24) is 20.4 Å². The summed E-state index contributed by atoms with van der Waals surface area (Å²) in [5, 5.41) is 15.2. The van der Waals surface area contributed by atoms with Crippen molar-refractivity contribution in [3.05, 3.63) is 0 Å². The predicted octanol–water partition coefficient (Wildman–Crippen LogP) is 1.69. The Labute approximate surface area is 206 Å². The molecule has 1 spiro atoms. The second-order valence-corrected chi connectivity index (χ2v) is 11.4. The summed E-state index contributed by atoms with van der Waals surface area (Å²) in [4.78, 5) is 55.3. The minimum atomic E-state index is -0.971. The van der Waals surface area contributed by atoms with Crippen LogP contribution in [0.25, 0.3) is 0 Å². The van der Waals surface area contributed by atoms with Crippen molar-refractivity contribution >= 4 is 23.8 Å². The lowest BCUT2D eigenvalue weighted by molar-refractivity contribution is -0.143. The Bertz CT molecular complexity index is 920. The van der Waals surface area contributed by atoms with E-state index in [1.54, 1.807) is 30.6 Å². The van der Waals surface area contributed by atoms with E-state index in [9.17, 15) is 24.4 Å². The van der Waals surface area contributed by atoms with Gasteiger partial charge in [-0.1, -0.05) is 12.8 Å². The molecule has 3 aliphatic heterocycles. The third-order valence-corrected chi connectivity index (χ3v) is 7.62. The lowest BCUT2D eigenvalue weighted by Crippen LogP contribution is -2.57. The van der Waals surface area contributed by atoms with E-state index in [0.29, 0.717) is 57.7 Å². The summed E-state index contributed by atoms with van der Waals surface area (Å²) in [6.45, 7) is 6.81. The van der Waals surface area contributed by atoms with Gasteiger partial charge in [0.2, 0.25) is 17.7 Å². The zero-order valence-corrected chi connectivity index (χ0v) is 21.0. The highest BCUT2D eigenvalue weighted by atomic mass is 16.6. The van der Waals surface area contributed by atoms with Crippen molar-refractivity contribution in [1.29, 1.82) is 5.26 Å². The quantitative estimate of drug-likeness (QED) is 0.562. The first-order valence-corrected chi connectivity index (χ1v) is 12.8. The molecule has 4 atom stereocenters. The fourth-order valence-corrected chi connectivity index (χ4v) is 5.63. The molecule has 10 heteroatoms. The maximum Gasteiger partial charge on any atom is 0.411 e. The monoisotopic (exact) mass is 487 g/mol. The Morgan fingerprint density at radius 1 is 1.20 bits per heavy atom. The van der Waals surface area contributed by atoms with Crippen LogP contribution in [0.3, 0.4) is 0 Å². The lowest BCUT2D eigenvalue weighted by atomic mass is 9.94. The van der Waals surface area contributed by atoms with E-state index in [1.165, 1.54) is 0 Å². The van der Waals surface area contributed by atoms with Crippen molar-refractivity contribution in [3.63, 3.8) is 0 Å². The molecule has 1 saturated carbocycles. The van der Waals surface area contributed by atoms with E-state index in [1.807, 2.05) is 0 Å². The molecule has 1 aliphatic carbocycles. The van der Waals surface area contributed by atoms with Gasteiger partial charge in [-0.3, -0.25) is 19.3 Å². The van der Waals surface area contributed by atoms with E-state index in [2.05, 4.69) is 16.7 Å². The van der Waals surface area contributed by atoms with Crippen molar-refractivity contribution in [2.24, 2.45) is 11.8 Å². The van der Waals surface area contributed by atoms with Crippen LogP contribution in [-0.4, -0.2) is 76.5 Å². The summed E-state index contributed by atoms with van der Waals surface area (Å²) in [5.41, 5.74) is -1.64. The minimum absolute atomic E-state index is 0.0887. The number of ether oxygens (including phenoxy) is 1. The average molecular weight is 488 g/mol. The van der Waals surface area contributed by atoms with Crippen LogP contribution in [0, 0.1) is 23.2 Å². The molecule has 192 valence electrons. The van der Waals surface area contributed by atoms with Gasteiger partial charge < -0.3 is 20.3 Å². The van der Waals surface area contributed by atoms with Gasteiger partial charge in [0.15, 0.2) is 0 Å². The first kappa shape index (κ1) is 25.3. The van der Waals surface area contributed by atoms with Crippen molar-refractivity contribution in [3.8, 4) is 6.07 Å². The van der Waals surface area contributed by atoms with Crippen LogP contribution in [0.15, 0.2) is 0 Å². The highest BCUT2D eigenvalue weighted by Crippen LogP contribution is 2.42. The fraction of sp³-hybridized carbons (Fsp3) is 0.800. The maximum absolute atomic E-state index is 13.8. The molecule has 3 heterocycles. The summed E-state index contributed by atoms with van der Waals surface area (Å²) in [7, 11) is 0. The third-order valence-electron chi connectivity index (χ3n) is 7.62. The standard InChI is InChI=1S/C25H37N5O5/c1-24(2,3)35-23(34)30-11-4-8-25(30)9-12-29(22(25)33)19(13-16-5-6-16)21(32)28-18(15-26)14-17-7-10-27-20(17)31/h16-19H,4-14H2,1-3H3,(H,27,31)(H,28,32)/t17-,18-,19-,25?/m1/s1. The zero-order valence-electron chi connectivity index (χ0n) is 21.0. The molecule has 0 aromatic rings. The van der Waals surface area contributed by atoms with Crippen molar-refractivity contribution < 1.29 is 23.9 Å². The van der Waals surface area contributed by atoms with Gasteiger partial charge in [-0.05, 0) is 65.2 Å². The second kappa shape index (κ2) is 9.67. The molecule has 35 heavy (non-hydrogen) atoms. The van der Waals surface area contributed by atoms with Crippen molar-refractivity contribution in [2.75, 3.05) is 19.6 Å². The first-order chi connectivity index (χ1) is 16.5. The number of nitrogens with zero attached hydrogens (tertiary/aromatic N) is 3. The molecule has 0 aromatic carbocycles. The Morgan fingerprint density at radius 3 is 2.54 bits per heavy atom. The number of likely N-dealkylation sites (tertiary alicyclic amines) is 2. The molecule has 0 radical (unpaired) electrons. The number of nitriles is 1. The third kappa shape index (κ3) is 5.39. The van der Waals surface area contributed by atoms with Crippen LogP contribution in [0.4, 0.5) is 4.79 Å². The summed E-state index contributed by atoms with van der Waals surface area (Å²) in [5.74, 6) is -0.560. The Hall–Kier alpha value is -2.83. The number of carbonyl (C=O) groups excluding carboxylic acids is 4. The highest BCUT2D eigenvalue weighted by Gasteiger charge is 2.58. The lowest BCUT2D eigenvalue weighted by Gasteiger charge is -2.36. The minimum Gasteiger partial charge on any atom is -0.444 e. The largest absolute Gasteiger partial charge is 0.444 e. The van der Waals surface area contributed by atoms with E-state index in [4.69, 9.17) is 4.74 Å². The highest BCUT2D eigenvalue weighted by molar-refractivity contribution is 5.96. The van der Waals surface area contributed by atoms with Gasteiger partial charge in [0, 0.05) is 25.6 Å². The topological polar surface area (TPSA) is 132 Å². The number of hydrogen-bond donors (Lipinski definition) is 2. The molecule has 0 bridgehead atoms. The number of hydrogen-bond acceptors (Lipinski definition) is 6. The number of rotatable bonds is 7. The smallest absolute Gasteiger partial charge is 0.411 e. The van der Waals surface area contributed by atoms with Gasteiger partial charge in [0.25, 0.3) is 0 Å². The molecule has 3 saturated heterocycles. The van der Waals surface area contributed by atoms with E-state index in [-0.39, 0.29) is 30.1 Å². The van der Waals surface area contributed by atoms with Gasteiger partial charge in [0.05, 0.1) is 6.07 Å². The first-order valence-electron chi connectivity index (χ1n) is 12.8. The Morgan fingerprint density at radius 2 is 1.94 bits per heavy atom. The molecule has 10 nitrogen and oxygen atoms in total.